The number of carbonyl (C=O) groups is 6. The minimum absolute atomic E-state index is 0.0467. The number of hydrogen-bond acceptors (Lipinski definition) is 9. The summed E-state index contributed by atoms with van der Waals surface area (Å²) in [5, 5.41) is 18.0. The Morgan fingerprint density at radius 1 is 0.926 bits per heavy atom. The van der Waals surface area contributed by atoms with E-state index in [1.54, 1.807) is 57.2 Å². The van der Waals surface area contributed by atoms with Crippen LogP contribution in [0.2, 0.25) is 0 Å². The Morgan fingerprint density at radius 2 is 1.56 bits per heavy atom. The minimum Gasteiger partial charge on any atom is -0.480 e. The molecular weight excluding hydrogens is 696 g/mol. The van der Waals surface area contributed by atoms with Gasteiger partial charge >= 0.3 is 5.97 Å². The Labute approximate surface area is 320 Å². The van der Waals surface area contributed by atoms with E-state index >= 15 is 0 Å². The molecule has 2 unspecified atom stereocenters. The molecule has 1 aromatic carbocycles. The smallest absolute Gasteiger partial charge is 0.326 e. The van der Waals surface area contributed by atoms with Gasteiger partial charge in [-0.3, -0.25) is 24.0 Å². The van der Waals surface area contributed by atoms with Crippen molar-refractivity contribution in [2.75, 3.05) is 55.0 Å². The van der Waals surface area contributed by atoms with Crippen molar-refractivity contribution < 1.29 is 43.3 Å². The molecule has 8 atom stereocenters. The summed E-state index contributed by atoms with van der Waals surface area (Å²) < 4.78 is 11.7. The van der Waals surface area contributed by atoms with Crippen LogP contribution < -0.4 is 16.0 Å². The van der Waals surface area contributed by atoms with E-state index in [1.165, 1.54) is 24.0 Å². The maximum Gasteiger partial charge on any atom is 0.326 e. The average Bonchev–Trinajstić information content (AvgIpc) is 3.63. The van der Waals surface area contributed by atoms with Gasteiger partial charge in [0, 0.05) is 41.3 Å². The topological polar surface area (TPSA) is 187 Å². The number of likely N-dealkylation sites (tertiary alicyclic amines) is 1. The van der Waals surface area contributed by atoms with Crippen molar-refractivity contribution in [2.24, 2.45) is 17.8 Å². The summed E-state index contributed by atoms with van der Waals surface area (Å²) in [5.74, 6) is -3.98. The zero-order valence-electron chi connectivity index (χ0n) is 33.8. The lowest BCUT2D eigenvalue weighted by Crippen LogP contribution is -2.56. The van der Waals surface area contributed by atoms with E-state index in [0.29, 0.717) is 25.8 Å². The second-order valence-electron chi connectivity index (χ2n) is 14.7. The zero-order chi connectivity index (χ0) is 40.7. The molecule has 15 heteroatoms. The van der Waals surface area contributed by atoms with Gasteiger partial charge in [-0.2, -0.15) is 0 Å². The molecule has 0 aromatic heterocycles. The molecule has 0 bridgehead atoms. The summed E-state index contributed by atoms with van der Waals surface area (Å²) in [6.45, 7) is 9.50. The van der Waals surface area contributed by atoms with E-state index in [1.807, 2.05) is 33.8 Å². The molecule has 304 valence electrons. The summed E-state index contributed by atoms with van der Waals surface area (Å²) in [7, 11) is 7.82. The molecule has 0 spiro atoms. The number of likely N-dealkylation sites (N-methyl/N-ethyl adjacent to an activating group) is 3. The summed E-state index contributed by atoms with van der Waals surface area (Å²) in [4.78, 5) is 83.5. The fraction of sp³-hybridized carbons (Fsp3) is 0.692. The third-order valence-electron chi connectivity index (χ3n) is 10.7. The van der Waals surface area contributed by atoms with Crippen molar-refractivity contribution in [1.82, 2.24) is 30.7 Å². The van der Waals surface area contributed by atoms with E-state index in [4.69, 9.17) is 9.47 Å². The van der Waals surface area contributed by atoms with Gasteiger partial charge in [0.1, 0.15) is 12.1 Å². The number of methoxy groups -OCH3 is 2. The Hall–Kier alpha value is -4.08. The number of rotatable bonds is 22. The molecule has 0 aliphatic carbocycles. The zero-order valence-corrected chi connectivity index (χ0v) is 33.8. The molecule has 54 heavy (non-hydrogen) atoms. The predicted molar refractivity (Wildman–Crippen MR) is 204 cm³/mol. The number of benzene rings is 1. The highest BCUT2D eigenvalue weighted by molar-refractivity contribution is 5.91. The Balaban J connectivity index is 2.18. The number of nitrogens with zero attached hydrogens (tertiary/aromatic N) is 3. The maximum absolute atomic E-state index is 14.1. The number of carbonyl (C=O) groups excluding carboxylic acids is 5. The second-order valence-corrected chi connectivity index (χ2v) is 14.7. The van der Waals surface area contributed by atoms with Crippen molar-refractivity contribution in [2.45, 2.75) is 103 Å². The number of amides is 5. The van der Waals surface area contributed by atoms with Crippen LogP contribution in [0.15, 0.2) is 30.3 Å². The first-order valence-electron chi connectivity index (χ1n) is 18.9. The Kier molecular flexibility index (Phi) is 19.1. The number of ether oxygens (including phenoxy) is 2. The van der Waals surface area contributed by atoms with Crippen molar-refractivity contribution in [3.05, 3.63) is 35.9 Å². The van der Waals surface area contributed by atoms with Crippen LogP contribution in [0.25, 0.3) is 0 Å². The van der Waals surface area contributed by atoms with Crippen LogP contribution in [0.4, 0.5) is 0 Å². The van der Waals surface area contributed by atoms with Crippen molar-refractivity contribution in [3.8, 4) is 0 Å². The molecule has 0 saturated carbocycles. The molecule has 15 nitrogen and oxygen atoms in total. The molecule has 5 amide bonds. The molecule has 1 aliphatic rings. The SMILES string of the molecule is CC[C@H](C)C([C@@H](CC(=O)N1CCC[C@H]1[C@H](OC)[C@@H](C)C(=O)N[C@@H](Cc1ccccc1)C(=O)O)OC)N(C)C(=O)CNC(=O)C(C(C)C)N(C)C(=O)CNC. The first kappa shape index (κ1) is 46.1. The molecule has 0 radical (unpaired) electrons. The standard InChI is InChI=1S/C39H64N6O9/c1-11-25(4)35(44(8)33(48)23-41-38(50)34(24(2)3)43(7)32(47)22-40-6)30(53-9)21-31(46)45-19-15-18-29(45)36(54-10)26(5)37(49)42-28(39(51)52)20-27-16-13-12-14-17-27/h12-14,16-17,24-26,28-30,34-36,40H,11,15,18-23H2,1-10H3,(H,41,50)(H,42,49)(H,51,52)/t25-,26+,28-,29-,30+,34?,35?,36+/m0/s1. The molecule has 1 aliphatic heterocycles. The first-order chi connectivity index (χ1) is 25.5. The largest absolute Gasteiger partial charge is 0.480 e. The normalized spacial score (nSPS) is 18.1. The summed E-state index contributed by atoms with van der Waals surface area (Å²) >= 11 is 0. The monoisotopic (exact) mass is 760 g/mol. The molecule has 1 heterocycles. The molecule has 1 fully saturated rings. The quantitative estimate of drug-likeness (QED) is 0.135. The number of nitrogens with one attached hydrogen (secondary N) is 3. The Morgan fingerprint density at radius 3 is 2.09 bits per heavy atom. The number of hydrogen-bond donors (Lipinski definition) is 4. The van der Waals surface area contributed by atoms with Gasteiger partial charge in [-0.15, -0.1) is 0 Å². The number of aliphatic carboxylic acids is 1. The van der Waals surface area contributed by atoms with E-state index in [2.05, 4.69) is 16.0 Å². The van der Waals surface area contributed by atoms with Crippen LogP contribution in [0.3, 0.4) is 0 Å². The van der Waals surface area contributed by atoms with E-state index in [9.17, 15) is 33.9 Å². The maximum atomic E-state index is 14.1. The molecular formula is C39H64N6O9. The van der Waals surface area contributed by atoms with E-state index in [0.717, 1.165) is 5.56 Å². The van der Waals surface area contributed by atoms with Crippen LogP contribution in [-0.2, 0) is 44.7 Å². The first-order valence-corrected chi connectivity index (χ1v) is 18.9. The fourth-order valence-corrected chi connectivity index (χ4v) is 7.43. The number of carboxylic acid groups (broad SMARTS) is 1. The van der Waals surface area contributed by atoms with Crippen molar-refractivity contribution in [1.29, 1.82) is 0 Å². The highest BCUT2D eigenvalue weighted by Crippen LogP contribution is 2.29. The minimum atomic E-state index is -1.15. The number of carboxylic acids is 1. The highest BCUT2D eigenvalue weighted by Gasteiger charge is 2.42. The molecule has 1 saturated heterocycles. The third kappa shape index (κ3) is 12.5. The average molecular weight is 761 g/mol. The Bertz CT molecular complexity index is 1400. The van der Waals surface area contributed by atoms with Gasteiger partial charge in [0.2, 0.25) is 29.5 Å². The van der Waals surface area contributed by atoms with Gasteiger partial charge < -0.3 is 45.2 Å². The van der Waals surface area contributed by atoms with Gasteiger partial charge in [0.25, 0.3) is 0 Å². The molecule has 2 rings (SSSR count). The lowest BCUT2D eigenvalue weighted by molar-refractivity contribution is -0.147. The third-order valence-corrected chi connectivity index (χ3v) is 10.7. The predicted octanol–water partition coefficient (Wildman–Crippen LogP) is 1.54. The lowest BCUT2D eigenvalue weighted by atomic mass is 9.90. The second kappa shape index (κ2) is 22.3. The van der Waals surface area contributed by atoms with Crippen LogP contribution in [-0.4, -0.2) is 147 Å². The summed E-state index contributed by atoms with van der Waals surface area (Å²) in [6, 6.07) is 6.17. The van der Waals surface area contributed by atoms with E-state index < -0.39 is 60.1 Å². The van der Waals surface area contributed by atoms with Crippen LogP contribution in [0, 0.1) is 17.8 Å². The molecule has 4 N–H and O–H groups in total. The lowest BCUT2D eigenvalue weighted by Gasteiger charge is -2.39. The fourth-order valence-electron chi connectivity index (χ4n) is 7.43. The van der Waals surface area contributed by atoms with Gasteiger partial charge in [0.15, 0.2) is 0 Å². The molecule has 1 aromatic rings. The van der Waals surface area contributed by atoms with Crippen LogP contribution in [0.1, 0.15) is 65.9 Å². The van der Waals surface area contributed by atoms with Gasteiger partial charge in [0.05, 0.1) is 49.7 Å². The van der Waals surface area contributed by atoms with E-state index in [-0.39, 0.29) is 55.5 Å². The van der Waals surface area contributed by atoms with Gasteiger partial charge in [-0.05, 0) is 37.3 Å². The van der Waals surface area contributed by atoms with Crippen LogP contribution >= 0.6 is 0 Å². The summed E-state index contributed by atoms with van der Waals surface area (Å²) in [6.07, 6.45) is 0.636. The van der Waals surface area contributed by atoms with Crippen LogP contribution in [0.5, 0.6) is 0 Å². The van der Waals surface area contributed by atoms with Crippen molar-refractivity contribution >= 4 is 35.5 Å². The van der Waals surface area contributed by atoms with Crippen molar-refractivity contribution in [3.63, 3.8) is 0 Å². The van der Waals surface area contributed by atoms with Gasteiger partial charge in [-0.1, -0.05) is 71.4 Å². The van der Waals surface area contributed by atoms with Gasteiger partial charge in [-0.25, -0.2) is 4.79 Å². The summed E-state index contributed by atoms with van der Waals surface area (Å²) in [5.41, 5.74) is 0.773. The highest BCUT2D eigenvalue weighted by atomic mass is 16.5.